The molecule has 35 heavy (non-hydrogen) atoms. The Morgan fingerprint density at radius 3 is 1.94 bits per heavy atom. The van der Waals surface area contributed by atoms with Crippen LogP contribution in [0.25, 0.3) is 17.5 Å². The van der Waals surface area contributed by atoms with Crippen LogP contribution in [0.2, 0.25) is 15.1 Å². The summed E-state index contributed by atoms with van der Waals surface area (Å²) in [5.41, 5.74) is 6.48. The van der Waals surface area contributed by atoms with E-state index in [1.165, 1.54) is 0 Å². The number of carbonyl (C=O) groups is 1. The number of carbonyl (C=O) groups excluding carboxylic acids is 1. The van der Waals surface area contributed by atoms with E-state index in [4.69, 9.17) is 34.8 Å². The molecule has 0 N–H and O–H groups in total. The molecule has 0 saturated heterocycles. The van der Waals surface area contributed by atoms with Crippen molar-refractivity contribution in [2.75, 3.05) is 0 Å². The number of nitrogens with zero attached hydrogens (tertiary/aromatic N) is 3. The third-order valence-electron chi connectivity index (χ3n) is 6.00. The van der Waals surface area contributed by atoms with Crippen molar-refractivity contribution in [2.24, 2.45) is 0 Å². The Balaban J connectivity index is 1.75. The van der Waals surface area contributed by atoms with Crippen molar-refractivity contribution in [2.45, 2.75) is 27.7 Å². The van der Waals surface area contributed by atoms with Crippen molar-refractivity contribution < 1.29 is 4.79 Å². The molecule has 0 aliphatic rings. The van der Waals surface area contributed by atoms with Crippen LogP contribution < -0.4 is 0 Å². The van der Waals surface area contributed by atoms with E-state index in [0.29, 0.717) is 20.6 Å². The predicted molar refractivity (Wildman–Crippen MR) is 143 cm³/mol. The first-order valence-electron chi connectivity index (χ1n) is 10.9. The van der Waals surface area contributed by atoms with Crippen LogP contribution in [0.15, 0.2) is 60.2 Å². The Morgan fingerprint density at radius 2 is 1.34 bits per heavy atom. The third kappa shape index (κ3) is 4.81. The number of aryl methyl sites for hydroxylation is 2. The number of Topliss-reactive ketones (excluding diaryl/α,β-unsaturated/α-hetero) is 1. The molecule has 4 rings (SSSR count). The summed E-state index contributed by atoms with van der Waals surface area (Å²) in [6.07, 6.45) is 1.64. The molecular weight excluding hydrogens is 501 g/mol. The van der Waals surface area contributed by atoms with Gasteiger partial charge in [0.25, 0.3) is 0 Å². The number of rotatable bonds is 5. The smallest absolute Gasteiger partial charge is 0.205 e. The van der Waals surface area contributed by atoms with E-state index in [0.717, 1.165) is 39.7 Å². The highest BCUT2D eigenvalue weighted by Gasteiger charge is 2.21. The standard InChI is InChI=1S/C28H22Cl3N3O/c1-16-9-20(18(3)33(16)26-13-23(30)12-24(31)14-26)11-21(15-32)28(35)27-10-17(2)34(19(27)4)25-7-5-22(29)6-8-25/h5-14H,1-4H3/b21-11+. The van der Waals surface area contributed by atoms with E-state index in [2.05, 4.69) is 6.07 Å². The number of hydrogen-bond donors (Lipinski definition) is 0. The molecule has 0 saturated carbocycles. The second-order valence-electron chi connectivity index (χ2n) is 8.39. The maximum atomic E-state index is 13.4. The van der Waals surface area contributed by atoms with Crippen molar-refractivity contribution in [1.82, 2.24) is 9.13 Å². The fourth-order valence-electron chi connectivity index (χ4n) is 4.43. The minimum absolute atomic E-state index is 0.0609. The van der Waals surface area contributed by atoms with Gasteiger partial charge in [-0.1, -0.05) is 34.8 Å². The maximum Gasteiger partial charge on any atom is 0.205 e. The average Bonchev–Trinajstić information content (AvgIpc) is 3.25. The quantitative estimate of drug-likeness (QED) is 0.150. The van der Waals surface area contributed by atoms with Crippen LogP contribution >= 0.6 is 34.8 Å². The Hall–Kier alpha value is -3.23. The molecule has 4 aromatic rings. The molecule has 0 bridgehead atoms. The molecular formula is C28H22Cl3N3O. The third-order valence-corrected chi connectivity index (χ3v) is 6.69. The number of halogens is 3. The summed E-state index contributed by atoms with van der Waals surface area (Å²) in [5.74, 6) is -0.323. The summed E-state index contributed by atoms with van der Waals surface area (Å²) in [6, 6.07) is 18.6. The molecule has 0 aliphatic heterocycles. The topological polar surface area (TPSA) is 50.7 Å². The zero-order chi connectivity index (χ0) is 25.4. The summed E-state index contributed by atoms with van der Waals surface area (Å²) < 4.78 is 3.97. The first kappa shape index (κ1) is 24.9. The summed E-state index contributed by atoms with van der Waals surface area (Å²) in [6.45, 7) is 7.68. The van der Waals surface area contributed by atoms with Crippen LogP contribution in [-0.2, 0) is 0 Å². The largest absolute Gasteiger partial charge is 0.318 e. The monoisotopic (exact) mass is 521 g/mol. The average molecular weight is 523 g/mol. The van der Waals surface area contributed by atoms with E-state index in [1.807, 2.05) is 73.2 Å². The first-order valence-corrected chi connectivity index (χ1v) is 12.0. The molecule has 0 spiro atoms. The summed E-state index contributed by atoms with van der Waals surface area (Å²) in [5, 5.41) is 11.6. The van der Waals surface area contributed by atoms with Gasteiger partial charge in [-0.25, -0.2) is 0 Å². The van der Waals surface area contributed by atoms with Crippen LogP contribution in [0.1, 0.15) is 38.7 Å². The second-order valence-corrected chi connectivity index (χ2v) is 9.69. The lowest BCUT2D eigenvalue weighted by Crippen LogP contribution is -2.05. The van der Waals surface area contributed by atoms with Gasteiger partial charge in [-0.05, 0) is 93.9 Å². The number of nitriles is 1. The Morgan fingerprint density at radius 1 is 0.771 bits per heavy atom. The number of ketones is 1. The van der Waals surface area contributed by atoms with Gasteiger partial charge in [0, 0.05) is 54.8 Å². The highest BCUT2D eigenvalue weighted by Crippen LogP contribution is 2.29. The molecule has 0 aliphatic carbocycles. The molecule has 0 unspecified atom stereocenters. The fraction of sp³-hybridized carbons (Fsp3) is 0.143. The molecule has 176 valence electrons. The van der Waals surface area contributed by atoms with Gasteiger partial charge < -0.3 is 9.13 Å². The molecule has 2 aromatic carbocycles. The summed E-state index contributed by atoms with van der Waals surface area (Å²) in [7, 11) is 0. The van der Waals surface area contributed by atoms with E-state index in [9.17, 15) is 10.1 Å². The highest BCUT2D eigenvalue weighted by molar-refractivity contribution is 6.34. The molecule has 2 aromatic heterocycles. The first-order chi connectivity index (χ1) is 16.6. The molecule has 0 fully saturated rings. The molecule has 0 atom stereocenters. The van der Waals surface area contributed by atoms with Gasteiger partial charge in [-0.2, -0.15) is 5.26 Å². The fourth-order valence-corrected chi connectivity index (χ4v) is 5.07. The van der Waals surface area contributed by atoms with Gasteiger partial charge in [0.1, 0.15) is 11.6 Å². The Kier molecular flexibility index (Phi) is 6.96. The van der Waals surface area contributed by atoms with E-state index >= 15 is 0 Å². The van der Waals surface area contributed by atoms with Crippen LogP contribution in [0, 0.1) is 39.0 Å². The van der Waals surface area contributed by atoms with E-state index < -0.39 is 0 Å². The minimum Gasteiger partial charge on any atom is -0.318 e. The summed E-state index contributed by atoms with van der Waals surface area (Å²) >= 11 is 18.4. The number of aromatic nitrogens is 2. The molecule has 0 radical (unpaired) electrons. The minimum atomic E-state index is -0.323. The molecule has 0 amide bonds. The molecule has 7 heteroatoms. The highest BCUT2D eigenvalue weighted by atomic mass is 35.5. The number of hydrogen-bond acceptors (Lipinski definition) is 2. The maximum absolute atomic E-state index is 13.4. The van der Waals surface area contributed by atoms with Crippen molar-refractivity contribution in [3.05, 3.63) is 109 Å². The van der Waals surface area contributed by atoms with Gasteiger partial charge in [-0.3, -0.25) is 4.79 Å². The Bertz CT molecular complexity index is 1510. The Labute approximate surface area is 219 Å². The van der Waals surface area contributed by atoms with Gasteiger partial charge in [-0.15, -0.1) is 0 Å². The van der Waals surface area contributed by atoms with Crippen molar-refractivity contribution in [1.29, 1.82) is 5.26 Å². The van der Waals surface area contributed by atoms with E-state index in [1.54, 1.807) is 24.3 Å². The lowest BCUT2D eigenvalue weighted by Gasteiger charge is -2.11. The predicted octanol–water partition coefficient (Wildman–Crippen LogP) is 8.25. The SMILES string of the molecule is Cc1cc(/C=C(\C#N)C(=O)c2cc(C)n(-c3ccc(Cl)cc3)c2C)c(C)n1-c1cc(Cl)cc(Cl)c1. The van der Waals surface area contributed by atoms with Gasteiger partial charge in [0.05, 0.1) is 0 Å². The van der Waals surface area contributed by atoms with Crippen LogP contribution in [-0.4, -0.2) is 14.9 Å². The van der Waals surface area contributed by atoms with Gasteiger partial charge in [0.2, 0.25) is 5.78 Å². The summed E-state index contributed by atoms with van der Waals surface area (Å²) in [4.78, 5) is 13.4. The van der Waals surface area contributed by atoms with E-state index in [-0.39, 0.29) is 11.4 Å². The van der Waals surface area contributed by atoms with Crippen molar-refractivity contribution >= 4 is 46.7 Å². The lowest BCUT2D eigenvalue weighted by molar-refractivity contribution is 0.103. The normalized spacial score (nSPS) is 11.5. The second kappa shape index (κ2) is 9.79. The zero-order valence-electron chi connectivity index (χ0n) is 19.7. The van der Waals surface area contributed by atoms with Crippen molar-refractivity contribution in [3.8, 4) is 17.4 Å². The van der Waals surface area contributed by atoms with Crippen LogP contribution in [0.3, 0.4) is 0 Å². The van der Waals surface area contributed by atoms with Gasteiger partial charge in [0.15, 0.2) is 0 Å². The lowest BCUT2D eigenvalue weighted by atomic mass is 10.0. The van der Waals surface area contributed by atoms with Crippen LogP contribution in [0.5, 0.6) is 0 Å². The zero-order valence-corrected chi connectivity index (χ0v) is 21.9. The van der Waals surface area contributed by atoms with Crippen LogP contribution in [0.4, 0.5) is 0 Å². The number of allylic oxidation sites excluding steroid dienone is 1. The molecule has 2 heterocycles. The van der Waals surface area contributed by atoms with Crippen molar-refractivity contribution in [3.63, 3.8) is 0 Å². The molecule has 4 nitrogen and oxygen atoms in total. The number of benzene rings is 2. The van der Waals surface area contributed by atoms with Gasteiger partial charge >= 0.3 is 0 Å².